The Labute approximate surface area is 130 Å². The molecule has 22 heavy (non-hydrogen) atoms. The molecule has 1 amide bonds. The fourth-order valence-electron chi connectivity index (χ4n) is 2.70. The van der Waals surface area contributed by atoms with Gasteiger partial charge in [-0.05, 0) is 49.3 Å². The average Bonchev–Trinajstić information content (AvgIpc) is 2.39. The molecule has 0 spiro atoms. The zero-order chi connectivity index (χ0) is 16.3. The lowest BCUT2D eigenvalue weighted by molar-refractivity contribution is -0.121. The van der Waals surface area contributed by atoms with Crippen LogP contribution in [0.15, 0.2) is 23.0 Å². The number of rotatable bonds is 5. The molecule has 0 radical (unpaired) electrons. The summed E-state index contributed by atoms with van der Waals surface area (Å²) in [6.45, 7) is 8.56. The van der Waals surface area contributed by atoms with Crippen molar-refractivity contribution in [2.45, 2.75) is 40.5 Å². The minimum Gasteiger partial charge on any atom is -0.356 e. The highest BCUT2D eigenvalue weighted by molar-refractivity contribution is 5.82. The van der Waals surface area contributed by atoms with Gasteiger partial charge in [-0.2, -0.15) is 0 Å². The molecule has 2 rings (SSSR count). The topological polar surface area (TPSA) is 62.0 Å². The lowest BCUT2D eigenvalue weighted by atomic mass is 10.0. The molecule has 0 unspecified atom stereocenters. The molecule has 1 aromatic carbocycles. The Morgan fingerprint density at radius 2 is 1.95 bits per heavy atom. The first kappa shape index (κ1) is 16.3. The van der Waals surface area contributed by atoms with Crippen LogP contribution < -0.4 is 10.9 Å². The molecule has 0 saturated heterocycles. The van der Waals surface area contributed by atoms with Crippen LogP contribution in [0.1, 0.15) is 37.0 Å². The summed E-state index contributed by atoms with van der Waals surface area (Å²) in [6, 6.07) is 6.06. The van der Waals surface area contributed by atoms with Crippen molar-refractivity contribution in [3.63, 3.8) is 0 Å². The molecule has 118 valence electrons. The van der Waals surface area contributed by atoms with E-state index in [9.17, 15) is 9.59 Å². The molecular weight excluding hydrogens is 276 g/mol. The number of aryl methyl sites for hydroxylation is 2. The minimum absolute atomic E-state index is 0.0407. The third-order valence-electron chi connectivity index (χ3n) is 3.68. The van der Waals surface area contributed by atoms with Crippen molar-refractivity contribution < 1.29 is 4.79 Å². The van der Waals surface area contributed by atoms with Crippen LogP contribution in [0.25, 0.3) is 10.9 Å². The van der Waals surface area contributed by atoms with Gasteiger partial charge in [-0.3, -0.25) is 9.59 Å². The first-order valence-electron chi connectivity index (χ1n) is 7.76. The van der Waals surface area contributed by atoms with Gasteiger partial charge in [0, 0.05) is 18.5 Å². The highest BCUT2D eigenvalue weighted by Gasteiger charge is 2.07. The number of aromatic nitrogens is 1. The highest BCUT2D eigenvalue weighted by atomic mass is 16.1. The number of H-pyrrole nitrogens is 1. The van der Waals surface area contributed by atoms with E-state index >= 15 is 0 Å². The van der Waals surface area contributed by atoms with E-state index < -0.39 is 0 Å². The Balaban J connectivity index is 2.13. The average molecular weight is 300 g/mol. The number of hydrogen-bond acceptors (Lipinski definition) is 2. The van der Waals surface area contributed by atoms with Crippen molar-refractivity contribution in [2.75, 3.05) is 6.54 Å². The van der Waals surface area contributed by atoms with E-state index in [2.05, 4.69) is 22.4 Å². The maximum Gasteiger partial charge on any atom is 0.251 e. The second kappa shape index (κ2) is 6.77. The van der Waals surface area contributed by atoms with E-state index in [-0.39, 0.29) is 11.5 Å². The van der Waals surface area contributed by atoms with Crippen LogP contribution in [0.5, 0.6) is 0 Å². The number of fused-ring (bicyclic) bond motifs is 1. The molecule has 0 fully saturated rings. The van der Waals surface area contributed by atoms with Crippen LogP contribution >= 0.6 is 0 Å². The molecule has 0 aliphatic rings. The molecule has 0 aliphatic heterocycles. The van der Waals surface area contributed by atoms with Crippen molar-refractivity contribution in [1.29, 1.82) is 0 Å². The monoisotopic (exact) mass is 300 g/mol. The van der Waals surface area contributed by atoms with E-state index in [1.807, 2.05) is 33.8 Å². The molecule has 0 atom stereocenters. The van der Waals surface area contributed by atoms with Crippen LogP contribution in [-0.2, 0) is 11.2 Å². The van der Waals surface area contributed by atoms with Crippen molar-refractivity contribution >= 4 is 16.8 Å². The first-order valence-corrected chi connectivity index (χ1v) is 7.76. The maximum atomic E-state index is 12.2. The summed E-state index contributed by atoms with van der Waals surface area (Å²) in [5.41, 5.74) is 3.78. The second-order valence-corrected chi connectivity index (χ2v) is 6.37. The summed E-state index contributed by atoms with van der Waals surface area (Å²) in [4.78, 5) is 26.7. The number of aromatic amines is 1. The van der Waals surface area contributed by atoms with Crippen molar-refractivity contribution in [2.24, 2.45) is 5.92 Å². The molecule has 4 heteroatoms. The van der Waals surface area contributed by atoms with E-state index in [1.54, 1.807) is 0 Å². The number of carbonyl (C=O) groups excluding carboxylic acids is 1. The Bertz CT molecular complexity index is 745. The lowest BCUT2D eigenvalue weighted by Gasteiger charge is -2.09. The standard InChI is InChI=1S/C18H24N2O2/c1-11(2)7-16(21)19-6-5-14-10-15-9-12(3)8-13(4)17(15)20-18(14)22/h8-11H,5-7H2,1-4H3,(H,19,21)(H,20,22). The van der Waals surface area contributed by atoms with E-state index in [0.717, 1.165) is 16.5 Å². The molecule has 1 aromatic heterocycles. The van der Waals surface area contributed by atoms with Gasteiger partial charge in [0.15, 0.2) is 0 Å². The molecular formula is C18H24N2O2. The molecule has 2 N–H and O–H groups in total. The minimum atomic E-state index is -0.0717. The molecule has 2 aromatic rings. The van der Waals surface area contributed by atoms with E-state index in [4.69, 9.17) is 0 Å². The van der Waals surface area contributed by atoms with Gasteiger partial charge < -0.3 is 10.3 Å². The number of benzene rings is 1. The van der Waals surface area contributed by atoms with E-state index in [1.165, 1.54) is 5.56 Å². The van der Waals surface area contributed by atoms with Crippen LogP contribution in [0.2, 0.25) is 0 Å². The first-order chi connectivity index (χ1) is 10.4. The maximum absolute atomic E-state index is 12.2. The number of pyridine rings is 1. The number of amides is 1. The Morgan fingerprint density at radius 3 is 2.64 bits per heavy atom. The van der Waals surface area contributed by atoms with Gasteiger partial charge in [-0.25, -0.2) is 0 Å². The smallest absolute Gasteiger partial charge is 0.251 e. The number of hydrogen-bond donors (Lipinski definition) is 2. The quantitative estimate of drug-likeness (QED) is 0.892. The zero-order valence-electron chi connectivity index (χ0n) is 13.7. The number of carbonyl (C=O) groups is 1. The largest absolute Gasteiger partial charge is 0.356 e. The second-order valence-electron chi connectivity index (χ2n) is 6.37. The van der Waals surface area contributed by atoms with Gasteiger partial charge in [0.25, 0.3) is 5.56 Å². The van der Waals surface area contributed by atoms with Gasteiger partial charge in [0.05, 0.1) is 5.52 Å². The summed E-state index contributed by atoms with van der Waals surface area (Å²) in [6.07, 6.45) is 1.06. The van der Waals surface area contributed by atoms with Gasteiger partial charge in [0.2, 0.25) is 5.91 Å². The molecule has 0 bridgehead atoms. The normalized spacial score (nSPS) is 11.1. The highest BCUT2D eigenvalue weighted by Crippen LogP contribution is 2.18. The van der Waals surface area contributed by atoms with Crippen LogP contribution in [0.4, 0.5) is 0 Å². The van der Waals surface area contributed by atoms with Gasteiger partial charge in [-0.1, -0.05) is 25.5 Å². The summed E-state index contributed by atoms with van der Waals surface area (Å²) in [5, 5.41) is 3.91. The zero-order valence-corrected chi connectivity index (χ0v) is 13.7. The summed E-state index contributed by atoms with van der Waals surface area (Å²) >= 11 is 0. The van der Waals surface area contributed by atoms with Crippen molar-refractivity contribution in [1.82, 2.24) is 10.3 Å². The molecule has 1 heterocycles. The third-order valence-corrected chi connectivity index (χ3v) is 3.68. The van der Waals surface area contributed by atoms with Crippen molar-refractivity contribution in [3.8, 4) is 0 Å². The van der Waals surface area contributed by atoms with E-state index in [0.29, 0.717) is 30.9 Å². The van der Waals surface area contributed by atoms with Gasteiger partial charge in [0.1, 0.15) is 0 Å². The predicted molar refractivity (Wildman–Crippen MR) is 90.2 cm³/mol. The van der Waals surface area contributed by atoms with Gasteiger partial charge >= 0.3 is 0 Å². The number of nitrogens with one attached hydrogen (secondary N) is 2. The van der Waals surface area contributed by atoms with Crippen LogP contribution in [-0.4, -0.2) is 17.4 Å². The molecule has 4 nitrogen and oxygen atoms in total. The molecule has 0 aliphatic carbocycles. The van der Waals surface area contributed by atoms with Crippen LogP contribution in [0.3, 0.4) is 0 Å². The fourth-order valence-corrected chi connectivity index (χ4v) is 2.70. The summed E-state index contributed by atoms with van der Waals surface area (Å²) < 4.78 is 0. The Hall–Kier alpha value is -2.10. The third kappa shape index (κ3) is 3.97. The fraction of sp³-hybridized carbons (Fsp3) is 0.444. The Morgan fingerprint density at radius 1 is 1.23 bits per heavy atom. The molecule has 0 saturated carbocycles. The SMILES string of the molecule is Cc1cc(C)c2[nH]c(=O)c(CCNC(=O)CC(C)C)cc2c1. The lowest BCUT2D eigenvalue weighted by Crippen LogP contribution is -2.28. The van der Waals surface area contributed by atoms with Gasteiger partial charge in [-0.15, -0.1) is 0 Å². The predicted octanol–water partition coefficient (Wildman–Crippen LogP) is 2.85. The summed E-state index contributed by atoms with van der Waals surface area (Å²) in [5.74, 6) is 0.383. The van der Waals surface area contributed by atoms with Crippen molar-refractivity contribution in [3.05, 3.63) is 45.2 Å². The van der Waals surface area contributed by atoms with Crippen LogP contribution in [0, 0.1) is 19.8 Å². The summed E-state index contributed by atoms with van der Waals surface area (Å²) in [7, 11) is 0. The Kier molecular flexibility index (Phi) is 5.01.